The Kier molecular flexibility index (Phi) is 5.47. The molecule has 0 aromatic heterocycles. The van der Waals surface area contributed by atoms with E-state index in [9.17, 15) is 8.42 Å². The van der Waals surface area contributed by atoms with Crippen LogP contribution in [-0.4, -0.2) is 37.4 Å². The molecule has 0 spiro atoms. The van der Waals surface area contributed by atoms with E-state index in [0.29, 0.717) is 24.4 Å². The van der Waals surface area contributed by atoms with Crippen LogP contribution >= 0.6 is 15.9 Å². The summed E-state index contributed by atoms with van der Waals surface area (Å²) in [5, 5.41) is 0.992. The van der Waals surface area contributed by atoms with E-state index in [1.54, 1.807) is 4.31 Å². The summed E-state index contributed by atoms with van der Waals surface area (Å²) in [6.45, 7) is 5.90. The molecule has 0 bridgehead atoms. The van der Waals surface area contributed by atoms with E-state index in [-0.39, 0.29) is 0 Å². The Bertz CT molecular complexity index is 338. The summed E-state index contributed by atoms with van der Waals surface area (Å²) in [5.41, 5.74) is 0.297. The second-order valence-corrected chi connectivity index (χ2v) is 8.17. The minimum absolute atomic E-state index is 0.297. The number of alkyl halides is 1. The molecule has 17 heavy (non-hydrogen) atoms. The van der Waals surface area contributed by atoms with Gasteiger partial charge in [0.15, 0.2) is 0 Å². The lowest BCUT2D eigenvalue weighted by atomic mass is 9.78. The zero-order chi connectivity index (χ0) is 13.1. The van der Waals surface area contributed by atoms with Crippen molar-refractivity contribution < 1.29 is 8.42 Å². The van der Waals surface area contributed by atoms with Gasteiger partial charge in [-0.3, -0.25) is 0 Å². The molecule has 0 aromatic carbocycles. The van der Waals surface area contributed by atoms with Gasteiger partial charge in [0.1, 0.15) is 0 Å². The molecule has 0 amide bonds. The first-order chi connectivity index (χ1) is 7.80. The van der Waals surface area contributed by atoms with Gasteiger partial charge in [0.2, 0.25) is 10.0 Å². The van der Waals surface area contributed by atoms with Crippen LogP contribution in [0.5, 0.6) is 0 Å². The van der Waals surface area contributed by atoms with Crippen LogP contribution in [0.4, 0.5) is 0 Å². The Morgan fingerprint density at radius 3 is 2.59 bits per heavy atom. The number of halogens is 1. The number of sulfonamides is 1. The molecular weight excluding hydrogens is 302 g/mol. The van der Waals surface area contributed by atoms with Gasteiger partial charge in [-0.1, -0.05) is 29.8 Å². The van der Waals surface area contributed by atoms with E-state index in [1.165, 1.54) is 6.26 Å². The third-order valence-corrected chi connectivity index (χ3v) is 6.53. The predicted molar refractivity (Wildman–Crippen MR) is 75.9 cm³/mol. The largest absolute Gasteiger partial charge is 0.213 e. The van der Waals surface area contributed by atoms with Crippen LogP contribution in [-0.2, 0) is 10.0 Å². The van der Waals surface area contributed by atoms with Crippen molar-refractivity contribution in [3.63, 3.8) is 0 Å². The fourth-order valence-corrected chi connectivity index (χ4v) is 4.05. The number of piperidine rings is 1. The highest BCUT2D eigenvalue weighted by molar-refractivity contribution is 9.09. The Labute approximate surface area is 114 Å². The molecule has 2 unspecified atom stereocenters. The van der Waals surface area contributed by atoms with E-state index < -0.39 is 10.0 Å². The lowest BCUT2D eigenvalue weighted by Crippen LogP contribution is -2.40. The van der Waals surface area contributed by atoms with Crippen LogP contribution < -0.4 is 0 Å². The molecule has 0 saturated carbocycles. The molecule has 1 rings (SSSR count). The normalized spacial score (nSPS) is 26.7. The molecule has 0 radical (unpaired) electrons. The molecule has 1 heterocycles. The van der Waals surface area contributed by atoms with Crippen LogP contribution in [0.3, 0.4) is 0 Å². The second kappa shape index (κ2) is 6.02. The van der Waals surface area contributed by atoms with Gasteiger partial charge >= 0.3 is 0 Å². The molecular formula is C12H24BrNO2S. The molecule has 5 heteroatoms. The standard InChI is InChI=1S/C12H24BrNO2S/c1-4-12(2,10-13)8-11-6-5-7-14(9-11)17(3,15)16/h11H,4-10H2,1-3H3. The highest BCUT2D eigenvalue weighted by Gasteiger charge is 2.31. The Balaban J connectivity index is 2.62. The van der Waals surface area contributed by atoms with Gasteiger partial charge in [-0.2, -0.15) is 0 Å². The zero-order valence-electron chi connectivity index (χ0n) is 11.1. The van der Waals surface area contributed by atoms with Gasteiger partial charge in [-0.15, -0.1) is 0 Å². The summed E-state index contributed by atoms with van der Waals surface area (Å²) < 4.78 is 24.8. The molecule has 3 nitrogen and oxygen atoms in total. The van der Waals surface area contributed by atoms with Crippen LogP contribution in [0.2, 0.25) is 0 Å². The Morgan fingerprint density at radius 1 is 1.47 bits per heavy atom. The van der Waals surface area contributed by atoms with Gasteiger partial charge in [0.05, 0.1) is 6.26 Å². The van der Waals surface area contributed by atoms with E-state index in [4.69, 9.17) is 0 Å². The summed E-state index contributed by atoms with van der Waals surface area (Å²) in [4.78, 5) is 0. The summed E-state index contributed by atoms with van der Waals surface area (Å²) in [6, 6.07) is 0. The molecule has 2 atom stereocenters. The van der Waals surface area contributed by atoms with Crippen molar-refractivity contribution in [1.82, 2.24) is 4.31 Å². The Morgan fingerprint density at radius 2 is 2.12 bits per heavy atom. The van der Waals surface area contributed by atoms with Gasteiger partial charge < -0.3 is 0 Å². The summed E-state index contributed by atoms with van der Waals surface area (Å²) in [7, 11) is -3.01. The summed E-state index contributed by atoms with van der Waals surface area (Å²) >= 11 is 3.58. The smallest absolute Gasteiger partial charge is 0.211 e. The van der Waals surface area contributed by atoms with E-state index >= 15 is 0 Å². The average molecular weight is 326 g/mol. The number of nitrogens with zero attached hydrogens (tertiary/aromatic N) is 1. The molecule has 102 valence electrons. The molecule has 1 aliphatic rings. The first-order valence-electron chi connectivity index (χ1n) is 6.32. The minimum Gasteiger partial charge on any atom is -0.213 e. The fourth-order valence-electron chi connectivity index (χ4n) is 2.49. The summed E-state index contributed by atoms with van der Waals surface area (Å²) in [5.74, 6) is 0.515. The van der Waals surface area contributed by atoms with Crippen molar-refractivity contribution in [2.24, 2.45) is 11.3 Å². The number of hydrogen-bond donors (Lipinski definition) is 0. The highest BCUT2D eigenvalue weighted by atomic mass is 79.9. The van der Waals surface area contributed by atoms with E-state index in [2.05, 4.69) is 29.8 Å². The van der Waals surface area contributed by atoms with Gasteiger partial charge in [-0.25, -0.2) is 12.7 Å². The maximum absolute atomic E-state index is 11.6. The quantitative estimate of drug-likeness (QED) is 0.729. The molecule has 0 aliphatic carbocycles. The van der Waals surface area contributed by atoms with Gasteiger partial charge in [0.25, 0.3) is 0 Å². The second-order valence-electron chi connectivity index (χ2n) is 5.63. The predicted octanol–water partition coefficient (Wildman–Crippen LogP) is 2.86. The Hall–Kier alpha value is 0.390. The molecule has 1 aliphatic heterocycles. The summed E-state index contributed by atoms with van der Waals surface area (Å²) in [6.07, 6.45) is 5.72. The van der Waals surface area contributed by atoms with Crippen LogP contribution in [0.1, 0.15) is 39.5 Å². The van der Waals surface area contributed by atoms with Crippen molar-refractivity contribution in [2.45, 2.75) is 39.5 Å². The van der Waals surface area contributed by atoms with Crippen LogP contribution in [0, 0.1) is 11.3 Å². The fraction of sp³-hybridized carbons (Fsp3) is 1.00. The van der Waals surface area contributed by atoms with E-state index in [1.807, 2.05) is 0 Å². The SMILES string of the molecule is CCC(C)(CBr)CC1CCCN(S(C)(=O)=O)C1. The van der Waals surface area contributed by atoms with Gasteiger partial charge in [0, 0.05) is 18.4 Å². The minimum atomic E-state index is -3.01. The number of hydrogen-bond acceptors (Lipinski definition) is 2. The maximum atomic E-state index is 11.6. The third-order valence-electron chi connectivity index (χ3n) is 3.91. The van der Waals surface area contributed by atoms with Crippen molar-refractivity contribution in [3.8, 4) is 0 Å². The molecule has 1 saturated heterocycles. The molecule has 1 fully saturated rings. The first-order valence-corrected chi connectivity index (χ1v) is 9.29. The maximum Gasteiger partial charge on any atom is 0.211 e. The van der Waals surface area contributed by atoms with Crippen molar-refractivity contribution in [2.75, 3.05) is 24.7 Å². The van der Waals surface area contributed by atoms with Crippen molar-refractivity contribution >= 4 is 26.0 Å². The monoisotopic (exact) mass is 325 g/mol. The van der Waals surface area contributed by atoms with Crippen LogP contribution in [0.25, 0.3) is 0 Å². The third kappa shape index (κ3) is 4.52. The first kappa shape index (κ1) is 15.4. The van der Waals surface area contributed by atoms with Gasteiger partial charge in [-0.05, 0) is 37.0 Å². The zero-order valence-corrected chi connectivity index (χ0v) is 13.5. The number of rotatable bonds is 5. The molecule has 0 aromatic rings. The molecule has 0 N–H and O–H groups in total. The van der Waals surface area contributed by atoms with E-state index in [0.717, 1.165) is 31.0 Å². The van der Waals surface area contributed by atoms with Crippen molar-refractivity contribution in [3.05, 3.63) is 0 Å². The average Bonchev–Trinajstić information content (AvgIpc) is 2.28. The lowest BCUT2D eigenvalue weighted by molar-refractivity contribution is 0.190. The highest BCUT2D eigenvalue weighted by Crippen LogP contribution is 2.35. The topological polar surface area (TPSA) is 37.4 Å². The van der Waals surface area contributed by atoms with Crippen molar-refractivity contribution in [1.29, 1.82) is 0 Å². The lowest BCUT2D eigenvalue weighted by Gasteiger charge is -2.36. The van der Waals surface area contributed by atoms with Crippen LogP contribution in [0.15, 0.2) is 0 Å².